The molecular formula is C8H4Cl2N2O. The quantitative estimate of drug-likeness (QED) is 0.686. The average Bonchev–Trinajstić information content (AvgIpc) is 2.61. The Balaban J connectivity index is 2.57. The highest BCUT2D eigenvalue weighted by molar-refractivity contribution is 6.33. The second-order valence-electron chi connectivity index (χ2n) is 2.31. The number of furan rings is 1. The van der Waals surface area contributed by atoms with Crippen molar-refractivity contribution >= 4 is 23.2 Å². The molecule has 5 heteroatoms. The summed E-state index contributed by atoms with van der Waals surface area (Å²) in [6, 6.07) is 3.51. The van der Waals surface area contributed by atoms with E-state index in [9.17, 15) is 0 Å². The molecule has 0 amide bonds. The maximum Gasteiger partial charge on any atom is 0.223 e. The number of rotatable bonds is 1. The van der Waals surface area contributed by atoms with Gasteiger partial charge in [0, 0.05) is 0 Å². The van der Waals surface area contributed by atoms with Gasteiger partial charge in [-0.3, -0.25) is 0 Å². The molecule has 2 heterocycles. The molecule has 0 saturated heterocycles. The summed E-state index contributed by atoms with van der Waals surface area (Å²) in [7, 11) is 0. The highest BCUT2D eigenvalue weighted by atomic mass is 35.5. The zero-order chi connectivity index (χ0) is 9.26. The van der Waals surface area contributed by atoms with Gasteiger partial charge in [0.1, 0.15) is 5.69 Å². The first-order chi connectivity index (χ1) is 6.27. The molecule has 0 aromatic carbocycles. The van der Waals surface area contributed by atoms with Gasteiger partial charge in [-0.15, -0.1) is 0 Å². The molecule has 3 nitrogen and oxygen atoms in total. The van der Waals surface area contributed by atoms with E-state index in [-0.39, 0.29) is 5.28 Å². The van der Waals surface area contributed by atoms with E-state index in [2.05, 4.69) is 9.97 Å². The molecule has 13 heavy (non-hydrogen) atoms. The van der Waals surface area contributed by atoms with E-state index in [0.29, 0.717) is 16.5 Å². The molecule has 0 fully saturated rings. The summed E-state index contributed by atoms with van der Waals surface area (Å²) in [4.78, 5) is 7.67. The van der Waals surface area contributed by atoms with Crippen LogP contribution in [0.3, 0.4) is 0 Å². The van der Waals surface area contributed by atoms with Crippen LogP contribution in [0.4, 0.5) is 0 Å². The van der Waals surface area contributed by atoms with Crippen LogP contribution in [0.5, 0.6) is 0 Å². The molecule has 2 rings (SSSR count). The molecule has 2 aromatic rings. The van der Waals surface area contributed by atoms with Crippen molar-refractivity contribution in [3.8, 4) is 11.5 Å². The number of aromatic nitrogens is 2. The van der Waals surface area contributed by atoms with E-state index in [4.69, 9.17) is 27.6 Å². The summed E-state index contributed by atoms with van der Waals surface area (Å²) in [6.45, 7) is 0. The van der Waals surface area contributed by atoms with Crippen molar-refractivity contribution in [2.24, 2.45) is 0 Å². The highest BCUT2D eigenvalue weighted by Crippen LogP contribution is 2.25. The third-order valence-electron chi connectivity index (χ3n) is 1.47. The van der Waals surface area contributed by atoms with Gasteiger partial charge in [-0.25, -0.2) is 9.97 Å². The lowest BCUT2D eigenvalue weighted by Gasteiger charge is -1.98. The van der Waals surface area contributed by atoms with E-state index in [1.807, 2.05) is 0 Å². The van der Waals surface area contributed by atoms with Crippen molar-refractivity contribution in [2.45, 2.75) is 0 Å². The lowest BCUT2D eigenvalue weighted by atomic mass is 10.3. The van der Waals surface area contributed by atoms with E-state index in [1.54, 1.807) is 18.4 Å². The van der Waals surface area contributed by atoms with Crippen LogP contribution < -0.4 is 0 Å². The standard InChI is InChI=1S/C8H4Cl2N2O/c9-5-4-11-8(10)12-7(5)6-2-1-3-13-6/h1-4H. The summed E-state index contributed by atoms with van der Waals surface area (Å²) >= 11 is 11.5. The molecule has 0 unspecified atom stereocenters. The number of nitrogens with zero attached hydrogens (tertiary/aromatic N) is 2. The molecule has 0 aliphatic heterocycles. The predicted octanol–water partition coefficient (Wildman–Crippen LogP) is 3.04. The lowest BCUT2D eigenvalue weighted by Crippen LogP contribution is -1.86. The summed E-state index contributed by atoms with van der Waals surface area (Å²) < 4.78 is 5.12. The molecule has 0 saturated carbocycles. The first kappa shape index (κ1) is 8.53. The molecule has 0 aliphatic rings. The van der Waals surface area contributed by atoms with Crippen LogP contribution in [0.2, 0.25) is 10.3 Å². The molecule has 2 aromatic heterocycles. The Morgan fingerprint density at radius 1 is 1.31 bits per heavy atom. The van der Waals surface area contributed by atoms with E-state index >= 15 is 0 Å². The van der Waals surface area contributed by atoms with Crippen LogP contribution in [-0.2, 0) is 0 Å². The van der Waals surface area contributed by atoms with E-state index in [0.717, 1.165) is 0 Å². The molecule has 0 N–H and O–H groups in total. The predicted molar refractivity (Wildman–Crippen MR) is 49.8 cm³/mol. The minimum atomic E-state index is 0.149. The number of halogens is 2. The minimum Gasteiger partial charge on any atom is -0.463 e. The first-order valence-corrected chi connectivity index (χ1v) is 4.25. The van der Waals surface area contributed by atoms with Crippen molar-refractivity contribution in [1.82, 2.24) is 9.97 Å². The first-order valence-electron chi connectivity index (χ1n) is 3.49. The van der Waals surface area contributed by atoms with Crippen LogP contribution in [-0.4, -0.2) is 9.97 Å². The van der Waals surface area contributed by atoms with Crippen molar-refractivity contribution in [2.75, 3.05) is 0 Å². The normalized spacial score (nSPS) is 10.3. The van der Waals surface area contributed by atoms with Gasteiger partial charge < -0.3 is 4.42 Å². The number of hydrogen-bond donors (Lipinski definition) is 0. The van der Waals surface area contributed by atoms with Crippen LogP contribution in [0.15, 0.2) is 29.0 Å². The Hall–Kier alpha value is -1.06. The van der Waals surface area contributed by atoms with Gasteiger partial charge in [0.2, 0.25) is 5.28 Å². The van der Waals surface area contributed by atoms with Gasteiger partial charge >= 0.3 is 0 Å². The summed E-state index contributed by atoms with van der Waals surface area (Å²) in [5.74, 6) is 0.578. The largest absolute Gasteiger partial charge is 0.463 e. The van der Waals surface area contributed by atoms with Crippen molar-refractivity contribution in [3.63, 3.8) is 0 Å². The van der Waals surface area contributed by atoms with Crippen LogP contribution in [0.1, 0.15) is 0 Å². The number of hydrogen-bond acceptors (Lipinski definition) is 3. The van der Waals surface area contributed by atoms with Gasteiger partial charge in [0.05, 0.1) is 17.5 Å². The van der Waals surface area contributed by atoms with Gasteiger partial charge in [0.25, 0.3) is 0 Å². The van der Waals surface area contributed by atoms with Gasteiger partial charge in [-0.1, -0.05) is 11.6 Å². The van der Waals surface area contributed by atoms with E-state index < -0.39 is 0 Å². The van der Waals surface area contributed by atoms with Gasteiger partial charge in [-0.2, -0.15) is 0 Å². The summed E-state index contributed by atoms with van der Waals surface area (Å²) in [5, 5.41) is 0.565. The second kappa shape index (κ2) is 3.36. The van der Waals surface area contributed by atoms with E-state index in [1.165, 1.54) is 6.20 Å². The Kier molecular flexibility index (Phi) is 2.20. The zero-order valence-electron chi connectivity index (χ0n) is 6.37. The maximum absolute atomic E-state index is 5.84. The Labute approximate surface area is 84.3 Å². The third kappa shape index (κ3) is 1.66. The third-order valence-corrected chi connectivity index (χ3v) is 1.93. The van der Waals surface area contributed by atoms with Crippen LogP contribution >= 0.6 is 23.2 Å². The average molecular weight is 215 g/mol. The monoisotopic (exact) mass is 214 g/mol. The highest BCUT2D eigenvalue weighted by Gasteiger charge is 2.08. The smallest absolute Gasteiger partial charge is 0.223 e. The molecular weight excluding hydrogens is 211 g/mol. The zero-order valence-corrected chi connectivity index (χ0v) is 7.88. The second-order valence-corrected chi connectivity index (χ2v) is 3.06. The molecule has 0 atom stereocenters. The SMILES string of the molecule is Clc1ncc(Cl)c(-c2ccco2)n1. The fourth-order valence-corrected chi connectivity index (χ4v) is 1.25. The van der Waals surface area contributed by atoms with Crippen molar-refractivity contribution in [1.29, 1.82) is 0 Å². The van der Waals surface area contributed by atoms with Gasteiger partial charge in [0.15, 0.2) is 5.76 Å². The fraction of sp³-hybridized carbons (Fsp3) is 0. The molecule has 0 aliphatic carbocycles. The lowest BCUT2D eigenvalue weighted by molar-refractivity contribution is 0.580. The Bertz CT molecular complexity index is 414. The van der Waals surface area contributed by atoms with Crippen LogP contribution in [0, 0.1) is 0 Å². The molecule has 0 radical (unpaired) electrons. The molecule has 0 spiro atoms. The summed E-state index contributed by atoms with van der Waals surface area (Å²) in [6.07, 6.45) is 2.98. The Morgan fingerprint density at radius 2 is 2.15 bits per heavy atom. The summed E-state index contributed by atoms with van der Waals surface area (Å²) in [5.41, 5.74) is 0.506. The molecule has 66 valence electrons. The maximum atomic E-state index is 5.84. The van der Waals surface area contributed by atoms with Crippen molar-refractivity contribution < 1.29 is 4.42 Å². The molecule has 0 bridgehead atoms. The van der Waals surface area contributed by atoms with Crippen LogP contribution in [0.25, 0.3) is 11.5 Å². The topological polar surface area (TPSA) is 38.9 Å². The Morgan fingerprint density at radius 3 is 2.85 bits per heavy atom. The fourth-order valence-electron chi connectivity index (χ4n) is 0.932. The minimum absolute atomic E-state index is 0.149. The van der Waals surface area contributed by atoms with Gasteiger partial charge in [-0.05, 0) is 23.7 Å². The van der Waals surface area contributed by atoms with Crippen molar-refractivity contribution in [3.05, 3.63) is 34.9 Å².